The van der Waals surface area contributed by atoms with Gasteiger partial charge in [-0.1, -0.05) is 23.7 Å². The number of carbonyl (C=O) groups excluding carboxylic acids is 1. The second-order valence-electron chi connectivity index (χ2n) is 3.33. The lowest BCUT2D eigenvalue weighted by molar-refractivity contribution is 0.0532. The Labute approximate surface area is 97.5 Å². The molecule has 2 rings (SSSR count). The highest BCUT2D eigenvalue weighted by Crippen LogP contribution is 2.26. The molecule has 1 fully saturated rings. The zero-order valence-electron chi connectivity index (χ0n) is 7.82. The largest absolute Gasteiger partial charge is 0.485 e. The van der Waals surface area contributed by atoms with Crippen LogP contribution < -0.4 is 4.74 Å². The quantitative estimate of drug-likeness (QED) is 0.593. The van der Waals surface area contributed by atoms with Crippen LogP contribution in [0.25, 0.3) is 0 Å². The first kappa shape index (κ1) is 10.6. The van der Waals surface area contributed by atoms with Gasteiger partial charge in [0.05, 0.1) is 18.1 Å². The molecular formula is C10H9Cl2NO2. The summed E-state index contributed by atoms with van der Waals surface area (Å²) in [6.45, 7) is 1.04. The topological polar surface area (TPSA) is 29.5 Å². The van der Waals surface area contributed by atoms with E-state index in [4.69, 9.17) is 27.9 Å². The minimum absolute atomic E-state index is 0.00685. The number of hydrogen-bond acceptors (Lipinski definition) is 2. The van der Waals surface area contributed by atoms with Crippen LogP contribution in [0.15, 0.2) is 24.3 Å². The predicted molar refractivity (Wildman–Crippen MR) is 58.7 cm³/mol. The molecule has 1 aromatic carbocycles. The highest BCUT2D eigenvalue weighted by Gasteiger charge is 2.31. The van der Waals surface area contributed by atoms with Crippen molar-refractivity contribution in [3.05, 3.63) is 29.3 Å². The van der Waals surface area contributed by atoms with Crippen molar-refractivity contribution < 1.29 is 9.53 Å². The minimum Gasteiger partial charge on any atom is -0.485 e. The zero-order chi connectivity index (χ0) is 10.8. The smallest absolute Gasteiger partial charge is 0.316 e. The van der Waals surface area contributed by atoms with Crippen LogP contribution in [0.5, 0.6) is 5.75 Å². The zero-order valence-corrected chi connectivity index (χ0v) is 9.33. The maximum Gasteiger partial charge on any atom is 0.316 e. The number of halogens is 2. The number of carbonyl (C=O) groups is 1. The van der Waals surface area contributed by atoms with E-state index >= 15 is 0 Å². The Kier molecular flexibility index (Phi) is 3.03. The van der Waals surface area contributed by atoms with Crippen LogP contribution in [0.1, 0.15) is 0 Å². The van der Waals surface area contributed by atoms with Crippen molar-refractivity contribution >= 4 is 28.6 Å². The van der Waals surface area contributed by atoms with E-state index in [1.807, 2.05) is 12.1 Å². The van der Waals surface area contributed by atoms with Crippen molar-refractivity contribution in [2.45, 2.75) is 6.10 Å². The minimum atomic E-state index is -0.436. The SMILES string of the molecule is O=C(Cl)N1CC(Oc2ccccc2Cl)C1. The van der Waals surface area contributed by atoms with Gasteiger partial charge in [0, 0.05) is 0 Å². The van der Waals surface area contributed by atoms with Crippen molar-refractivity contribution in [1.82, 2.24) is 4.90 Å². The Hall–Kier alpha value is -0.930. The summed E-state index contributed by atoms with van der Waals surface area (Å²) >= 11 is 11.2. The van der Waals surface area contributed by atoms with Crippen LogP contribution >= 0.6 is 23.2 Å². The maximum absolute atomic E-state index is 10.7. The molecule has 1 aliphatic heterocycles. The van der Waals surface area contributed by atoms with Gasteiger partial charge in [-0.05, 0) is 23.7 Å². The number of amides is 1. The monoisotopic (exact) mass is 245 g/mol. The molecule has 0 radical (unpaired) electrons. The van der Waals surface area contributed by atoms with Crippen molar-refractivity contribution in [2.24, 2.45) is 0 Å². The Morgan fingerprint density at radius 1 is 1.40 bits per heavy atom. The van der Waals surface area contributed by atoms with Gasteiger partial charge in [-0.2, -0.15) is 0 Å². The molecular weight excluding hydrogens is 237 g/mol. The van der Waals surface area contributed by atoms with Crippen LogP contribution in [0, 0.1) is 0 Å². The van der Waals surface area contributed by atoms with Gasteiger partial charge in [0.2, 0.25) is 0 Å². The van der Waals surface area contributed by atoms with Crippen molar-refractivity contribution in [3.8, 4) is 5.75 Å². The van der Waals surface area contributed by atoms with Crippen LogP contribution in [0.3, 0.4) is 0 Å². The Bertz CT molecular complexity index is 377. The second kappa shape index (κ2) is 4.29. The van der Waals surface area contributed by atoms with Gasteiger partial charge in [-0.15, -0.1) is 0 Å². The van der Waals surface area contributed by atoms with E-state index in [9.17, 15) is 4.79 Å². The fourth-order valence-corrected chi connectivity index (χ4v) is 1.69. The molecule has 0 bridgehead atoms. The summed E-state index contributed by atoms with van der Waals surface area (Å²) < 4.78 is 5.58. The molecule has 0 saturated carbocycles. The molecule has 0 aliphatic carbocycles. The number of benzene rings is 1. The normalized spacial score (nSPS) is 16.0. The lowest BCUT2D eigenvalue weighted by Gasteiger charge is -2.37. The molecule has 0 N–H and O–H groups in total. The first-order valence-corrected chi connectivity index (χ1v) is 5.28. The van der Waals surface area contributed by atoms with Crippen molar-refractivity contribution in [3.63, 3.8) is 0 Å². The average molecular weight is 246 g/mol. The fourth-order valence-electron chi connectivity index (χ4n) is 1.38. The number of rotatable bonds is 2. The Balaban J connectivity index is 1.90. The second-order valence-corrected chi connectivity index (χ2v) is 4.06. The molecule has 1 aromatic rings. The molecule has 0 atom stereocenters. The predicted octanol–water partition coefficient (Wildman–Crippen LogP) is 2.76. The Morgan fingerprint density at radius 3 is 2.67 bits per heavy atom. The van der Waals surface area contributed by atoms with Gasteiger partial charge in [0.1, 0.15) is 11.9 Å². The molecule has 5 heteroatoms. The molecule has 1 amide bonds. The standard InChI is InChI=1S/C10H9Cl2NO2/c11-8-3-1-2-4-9(8)15-7-5-13(6-7)10(12)14/h1-4,7H,5-6H2. The Morgan fingerprint density at radius 2 is 2.07 bits per heavy atom. The first-order chi connectivity index (χ1) is 7.16. The lowest BCUT2D eigenvalue weighted by Crippen LogP contribution is -2.54. The summed E-state index contributed by atoms with van der Waals surface area (Å²) in [4.78, 5) is 12.2. The molecule has 1 aliphatic rings. The number of likely N-dealkylation sites (tertiary alicyclic amines) is 1. The summed E-state index contributed by atoms with van der Waals surface area (Å²) in [5.74, 6) is 0.644. The molecule has 3 nitrogen and oxygen atoms in total. The number of para-hydroxylation sites is 1. The molecule has 0 aromatic heterocycles. The highest BCUT2D eigenvalue weighted by molar-refractivity contribution is 6.62. The summed E-state index contributed by atoms with van der Waals surface area (Å²) in [5, 5.41) is 0.141. The van der Waals surface area contributed by atoms with Crippen LogP contribution in [-0.2, 0) is 0 Å². The van der Waals surface area contributed by atoms with Crippen LogP contribution in [0.4, 0.5) is 4.79 Å². The third-order valence-corrected chi connectivity index (χ3v) is 2.78. The van der Waals surface area contributed by atoms with E-state index < -0.39 is 5.37 Å². The van der Waals surface area contributed by atoms with E-state index in [1.165, 1.54) is 4.90 Å². The van der Waals surface area contributed by atoms with Crippen molar-refractivity contribution in [1.29, 1.82) is 0 Å². The molecule has 0 unspecified atom stereocenters. The molecule has 15 heavy (non-hydrogen) atoms. The third-order valence-electron chi connectivity index (χ3n) is 2.23. The van der Waals surface area contributed by atoms with E-state index in [-0.39, 0.29) is 6.10 Å². The molecule has 1 saturated heterocycles. The lowest BCUT2D eigenvalue weighted by atomic mass is 10.2. The number of hydrogen-bond donors (Lipinski definition) is 0. The fraction of sp³-hybridized carbons (Fsp3) is 0.300. The third kappa shape index (κ3) is 2.36. The van der Waals surface area contributed by atoms with E-state index in [0.29, 0.717) is 23.9 Å². The number of nitrogens with zero attached hydrogens (tertiary/aromatic N) is 1. The number of ether oxygens (including phenoxy) is 1. The van der Waals surface area contributed by atoms with Gasteiger partial charge < -0.3 is 9.64 Å². The molecule has 1 heterocycles. The van der Waals surface area contributed by atoms with Gasteiger partial charge in [-0.25, -0.2) is 0 Å². The summed E-state index contributed by atoms with van der Waals surface area (Å²) in [5.41, 5.74) is 0. The summed E-state index contributed by atoms with van der Waals surface area (Å²) in [7, 11) is 0. The van der Waals surface area contributed by atoms with E-state index in [1.54, 1.807) is 12.1 Å². The van der Waals surface area contributed by atoms with Gasteiger partial charge in [0.25, 0.3) is 0 Å². The van der Waals surface area contributed by atoms with Crippen LogP contribution in [-0.4, -0.2) is 29.5 Å². The maximum atomic E-state index is 10.7. The van der Waals surface area contributed by atoms with Gasteiger partial charge in [0.15, 0.2) is 0 Å². The highest BCUT2D eigenvalue weighted by atomic mass is 35.5. The van der Waals surface area contributed by atoms with Crippen LogP contribution in [0.2, 0.25) is 5.02 Å². The summed E-state index contributed by atoms with van der Waals surface area (Å²) in [6.07, 6.45) is -0.00685. The molecule has 80 valence electrons. The van der Waals surface area contributed by atoms with E-state index in [0.717, 1.165) is 0 Å². The van der Waals surface area contributed by atoms with Gasteiger partial charge >= 0.3 is 5.37 Å². The molecule has 0 spiro atoms. The van der Waals surface area contributed by atoms with Crippen molar-refractivity contribution in [2.75, 3.05) is 13.1 Å². The average Bonchev–Trinajstić information content (AvgIpc) is 2.12. The summed E-state index contributed by atoms with van der Waals surface area (Å²) in [6, 6.07) is 7.25. The van der Waals surface area contributed by atoms with E-state index in [2.05, 4.69) is 0 Å². The first-order valence-electron chi connectivity index (χ1n) is 4.52. The van der Waals surface area contributed by atoms with Gasteiger partial charge in [-0.3, -0.25) is 4.79 Å².